The Kier molecular flexibility index (Phi) is 5.68. The Bertz CT molecular complexity index is 934. The highest BCUT2D eigenvalue weighted by atomic mass is 19.4. The summed E-state index contributed by atoms with van der Waals surface area (Å²) in [6, 6.07) is 11.1. The Morgan fingerprint density at radius 1 is 1.10 bits per heavy atom. The number of halogens is 4. The van der Waals surface area contributed by atoms with Crippen molar-refractivity contribution in [3.8, 4) is 0 Å². The second-order valence-electron chi connectivity index (χ2n) is 8.32. The summed E-state index contributed by atoms with van der Waals surface area (Å²) in [6.07, 6.45) is -3.10. The van der Waals surface area contributed by atoms with Crippen LogP contribution in [0.2, 0.25) is 0 Å². The van der Waals surface area contributed by atoms with E-state index >= 15 is 0 Å². The fourth-order valence-electron chi connectivity index (χ4n) is 4.79. The molecule has 2 atom stereocenters. The van der Waals surface area contributed by atoms with Gasteiger partial charge in [-0.1, -0.05) is 36.4 Å². The summed E-state index contributed by atoms with van der Waals surface area (Å²) in [5, 5.41) is 11.3. The fraction of sp³-hybridized carbons (Fsp3) is 0.435. The molecular formula is C23H23F4NO3. The van der Waals surface area contributed by atoms with Crippen molar-refractivity contribution in [3.05, 3.63) is 71.0 Å². The van der Waals surface area contributed by atoms with Crippen LogP contribution >= 0.6 is 0 Å². The Morgan fingerprint density at radius 3 is 2.35 bits per heavy atom. The van der Waals surface area contributed by atoms with Gasteiger partial charge in [-0.25, -0.2) is 9.18 Å². The van der Waals surface area contributed by atoms with E-state index in [4.69, 9.17) is 4.74 Å². The van der Waals surface area contributed by atoms with Crippen LogP contribution in [0.15, 0.2) is 48.5 Å². The number of hydrogen-bond acceptors (Lipinski definition) is 3. The van der Waals surface area contributed by atoms with Crippen molar-refractivity contribution < 1.29 is 32.2 Å². The van der Waals surface area contributed by atoms with Gasteiger partial charge in [0, 0.05) is 24.9 Å². The van der Waals surface area contributed by atoms with E-state index in [-0.39, 0.29) is 37.1 Å². The molecule has 2 aromatic carbocycles. The van der Waals surface area contributed by atoms with Gasteiger partial charge in [-0.3, -0.25) is 0 Å². The summed E-state index contributed by atoms with van der Waals surface area (Å²) in [4.78, 5) is 14.4. The number of aliphatic hydroxyl groups is 1. The molecule has 2 unspecified atom stereocenters. The molecule has 4 rings (SSSR count). The zero-order chi connectivity index (χ0) is 22.2. The van der Waals surface area contributed by atoms with Crippen molar-refractivity contribution in [2.75, 3.05) is 0 Å². The quantitative estimate of drug-likeness (QED) is 0.656. The molecule has 2 aromatic rings. The van der Waals surface area contributed by atoms with Crippen molar-refractivity contribution >= 4 is 6.09 Å². The smallest absolute Gasteiger partial charge is 0.419 e. The minimum atomic E-state index is -4.85. The van der Waals surface area contributed by atoms with Gasteiger partial charge >= 0.3 is 12.3 Å². The Balaban J connectivity index is 1.53. The minimum absolute atomic E-state index is 0.0235. The van der Waals surface area contributed by atoms with Crippen molar-refractivity contribution in [1.82, 2.24) is 4.90 Å². The lowest BCUT2D eigenvalue weighted by Crippen LogP contribution is -2.58. The SMILES string of the molecule is O=C(OCc1ccccc1)N1C2CCCC1CC(O)(c1ccc(F)c(C(F)(F)F)c1)C2. The number of benzene rings is 2. The number of carbonyl (C=O) groups excluding carboxylic acids is 1. The average Bonchev–Trinajstić information content (AvgIpc) is 2.71. The lowest BCUT2D eigenvalue weighted by atomic mass is 9.72. The molecule has 2 fully saturated rings. The number of hydrogen-bond donors (Lipinski definition) is 1. The first-order chi connectivity index (χ1) is 14.7. The average molecular weight is 437 g/mol. The van der Waals surface area contributed by atoms with Crippen LogP contribution in [0.4, 0.5) is 22.4 Å². The Morgan fingerprint density at radius 2 is 1.74 bits per heavy atom. The predicted octanol–water partition coefficient (Wildman–Crippen LogP) is 5.39. The topological polar surface area (TPSA) is 49.8 Å². The maximum absolute atomic E-state index is 13.7. The zero-order valence-electron chi connectivity index (χ0n) is 16.7. The molecule has 8 heteroatoms. The molecule has 31 heavy (non-hydrogen) atoms. The van der Waals surface area contributed by atoms with Crippen molar-refractivity contribution in [3.63, 3.8) is 0 Å². The van der Waals surface area contributed by atoms with Gasteiger partial charge in [0.15, 0.2) is 0 Å². The number of ether oxygens (including phenoxy) is 1. The van der Waals surface area contributed by atoms with Crippen LogP contribution in [0.1, 0.15) is 48.8 Å². The molecule has 4 nitrogen and oxygen atoms in total. The summed E-state index contributed by atoms with van der Waals surface area (Å²) < 4.78 is 58.6. The van der Waals surface area contributed by atoms with Crippen LogP contribution in [0, 0.1) is 5.82 Å². The van der Waals surface area contributed by atoms with Gasteiger partial charge in [-0.2, -0.15) is 13.2 Å². The molecule has 2 saturated heterocycles. The third kappa shape index (κ3) is 4.39. The maximum atomic E-state index is 13.7. The van der Waals surface area contributed by atoms with E-state index in [0.717, 1.165) is 18.1 Å². The monoisotopic (exact) mass is 437 g/mol. The molecule has 1 amide bonds. The van der Waals surface area contributed by atoms with Gasteiger partial charge in [-0.05, 0) is 42.5 Å². The highest BCUT2D eigenvalue weighted by molar-refractivity contribution is 5.69. The zero-order valence-corrected chi connectivity index (χ0v) is 16.7. The van der Waals surface area contributed by atoms with Gasteiger partial charge < -0.3 is 14.7 Å². The van der Waals surface area contributed by atoms with Gasteiger partial charge in [-0.15, -0.1) is 0 Å². The lowest BCUT2D eigenvalue weighted by molar-refractivity contribution is -0.140. The highest BCUT2D eigenvalue weighted by Gasteiger charge is 2.49. The van der Waals surface area contributed by atoms with Crippen molar-refractivity contribution in [2.24, 2.45) is 0 Å². The van der Waals surface area contributed by atoms with Crippen molar-refractivity contribution in [2.45, 2.75) is 62.6 Å². The van der Waals surface area contributed by atoms with Gasteiger partial charge in [0.2, 0.25) is 0 Å². The third-order valence-corrected chi connectivity index (χ3v) is 6.23. The first-order valence-corrected chi connectivity index (χ1v) is 10.3. The van der Waals surface area contributed by atoms with E-state index < -0.39 is 29.3 Å². The van der Waals surface area contributed by atoms with Crippen LogP contribution in [-0.2, 0) is 23.1 Å². The number of fused-ring (bicyclic) bond motifs is 2. The molecule has 1 N–H and O–H groups in total. The van der Waals surface area contributed by atoms with Gasteiger partial charge in [0.25, 0.3) is 0 Å². The molecule has 166 valence electrons. The summed E-state index contributed by atoms with van der Waals surface area (Å²) in [6.45, 7) is 0.118. The third-order valence-electron chi connectivity index (χ3n) is 6.23. The molecule has 0 spiro atoms. The second-order valence-corrected chi connectivity index (χ2v) is 8.32. The number of alkyl halides is 3. The van der Waals surface area contributed by atoms with E-state index in [1.165, 1.54) is 6.07 Å². The number of piperidine rings is 2. The van der Waals surface area contributed by atoms with E-state index in [0.29, 0.717) is 18.9 Å². The normalized spacial score (nSPS) is 25.9. The molecule has 0 aromatic heterocycles. The van der Waals surface area contributed by atoms with E-state index in [1.54, 1.807) is 4.90 Å². The highest BCUT2D eigenvalue weighted by Crippen LogP contribution is 2.45. The van der Waals surface area contributed by atoms with Crippen LogP contribution < -0.4 is 0 Å². The Hall–Kier alpha value is -2.61. The van der Waals surface area contributed by atoms with E-state index in [2.05, 4.69) is 0 Å². The number of rotatable bonds is 3. The van der Waals surface area contributed by atoms with E-state index in [1.807, 2.05) is 30.3 Å². The molecule has 2 heterocycles. The molecule has 0 saturated carbocycles. The minimum Gasteiger partial charge on any atom is -0.445 e. The van der Waals surface area contributed by atoms with Crippen LogP contribution in [0.25, 0.3) is 0 Å². The first kappa shape index (κ1) is 21.6. The lowest BCUT2D eigenvalue weighted by Gasteiger charge is -2.51. The molecule has 2 bridgehead atoms. The summed E-state index contributed by atoms with van der Waals surface area (Å²) in [7, 11) is 0. The number of nitrogens with zero attached hydrogens (tertiary/aromatic N) is 1. The van der Waals surface area contributed by atoms with Crippen LogP contribution in [-0.4, -0.2) is 28.2 Å². The Labute approximate surface area is 177 Å². The maximum Gasteiger partial charge on any atom is 0.419 e. The van der Waals surface area contributed by atoms with Crippen molar-refractivity contribution in [1.29, 1.82) is 0 Å². The summed E-state index contributed by atoms with van der Waals surface area (Å²) >= 11 is 0. The van der Waals surface area contributed by atoms with Crippen LogP contribution in [0.5, 0.6) is 0 Å². The molecule has 0 aliphatic carbocycles. The fourth-order valence-corrected chi connectivity index (χ4v) is 4.79. The predicted molar refractivity (Wildman–Crippen MR) is 104 cm³/mol. The number of carbonyl (C=O) groups is 1. The molecule has 2 aliphatic rings. The van der Waals surface area contributed by atoms with E-state index in [9.17, 15) is 27.5 Å². The largest absolute Gasteiger partial charge is 0.445 e. The summed E-state index contributed by atoms with van der Waals surface area (Å²) in [5.41, 5.74) is -2.09. The molecule has 2 aliphatic heterocycles. The van der Waals surface area contributed by atoms with Crippen LogP contribution in [0.3, 0.4) is 0 Å². The second kappa shape index (κ2) is 8.15. The van der Waals surface area contributed by atoms with Gasteiger partial charge in [0.1, 0.15) is 12.4 Å². The first-order valence-electron chi connectivity index (χ1n) is 10.3. The number of amides is 1. The molecular weight excluding hydrogens is 414 g/mol. The summed E-state index contributed by atoms with van der Waals surface area (Å²) in [5.74, 6) is -1.37. The van der Waals surface area contributed by atoms with Gasteiger partial charge in [0.05, 0.1) is 11.2 Å². The standard InChI is InChI=1S/C23H23F4NO3/c24-20-10-9-16(11-19(20)23(25,26)27)22(30)12-17-7-4-8-18(13-22)28(17)21(29)31-14-15-5-2-1-3-6-15/h1-3,5-6,9-11,17-18,30H,4,7-8,12-14H2. The molecule has 0 radical (unpaired) electrons.